The Bertz CT molecular complexity index is 438. The molecule has 21 heavy (non-hydrogen) atoms. The number of benzene rings is 1. The topological polar surface area (TPSA) is 18.5 Å². The van der Waals surface area contributed by atoms with Crippen LogP contribution < -0.4 is 5.32 Å². The van der Waals surface area contributed by atoms with Crippen molar-refractivity contribution in [1.29, 1.82) is 0 Å². The zero-order chi connectivity index (χ0) is 15.2. The highest BCUT2D eigenvalue weighted by Crippen LogP contribution is 2.21. The monoisotopic (exact) mass is 309 g/mol. The molecule has 1 aromatic rings. The normalized spacial score (nSPS) is 21.1. The van der Waals surface area contributed by atoms with E-state index in [1.54, 1.807) is 0 Å². The van der Waals surface area contributed by atoms with Gasteiger partial charge in [-0.05, 0) is 71.2 Å². The quantitative estimate of drug-likeness (QED) is 0.835. The summed E-state index contributed by atoms with van der Waals surface area (Å²) in [4.78, 5) is 4.95. The van der Waals surface area contributed by atoms with E-state index in [1.807, 2.05) is 19.2 Å². The van der Waals surface area contributed by atoms with Gasteiger partial charge in [-0.1, -0.05) is 23.7 Å². The fraction of sp³-hybridized carbons (Fsp3) is 0.647. The molecule has 1 heterocycles. The number of likely N-dealkylation sites (N-methyl/N-ethyl adjacent to an activating group) is 2. The average molecular weight is 310 g/mol. The lowest BCUT2D eigenvalue weighted by Crippen LogP contribution is -2.37. The lowest BCUT2D eigenvalue weighted by molar-refractivity contribution is 0.214. The Morgan fingerprint density at radius 1 is 1.48 bits per heavy atom. The van der Waals surface area contributed by atoms with Crippen LogP contribution in [-0.2, 0) is 0 Å². The molecule has 0 bridgehead atoms. The lowest BCUT2D eigenvalue weighted by atomic mass is 10.0. The molecule has 1 N–H and O–H groups in total. The van der Waals surface area contributed by atoms with Crippen LogP contribution in [0.25, 0.3) is 0 Å². The van der Waals surface area contributed by atoms with Gasteiger partial charge in [0.2, 0.25) is 0 Å². The van der Waals surface area contributed by atoms with Crippen LogP contribution in [0, 0.1) is 0 Å². The van der Waals surface area contributed by atoms with Crippen molar-refractivity contribution < 1.29 is 0 Å². The van der Waals surface area contributed by atoms with Crippen molar-refractivity contribution in [2.75, 3.05) is 40.8 Å². The Hall–Kier alpha value is -0.610. The first-order valence-electron chi connectivity index (χ1n) is 7.91. The first-order valence-corrected chi connectivity index (χ1v) is 8.29. The van der Waals surface area contributed by atoms with Crippen molar-refractivity contribution in [3.05, 3.63) is 34.9 Å². The molecule has 0 radical (unpaired) electrons. The maximum atomic E-state index is 6.09. The van der Waals surface area contributed by atoms with E-state index in [2.05, 4.69) is 41.3 Å². The van der Waals surface area contributed by atoms with Crippen LogP contribution in [-0.4, -0.2) is 56.6 Å². The summed E-state index contributed by atoms with van der Waals surface area (Å²) in [7, 11) is 6.50. The molecule has 0 saturated carbocycles. The molecule has 1 aliphatic rings. The van der Waals surface area contributed by atoms with Gasteiger partial charge >= 0.3 is 0 Å². The second-order valence-corrected chi connectivity index (χ2v) is 6.66. The van der Waals surface area contributed by atoms with E-state index < -0.39 is 0 Å². The predicted octanol–water partition coefficient (Wildman–Crippen LogP) is 3.02. The highest BCUT2D eigenvalue weighted by molar-refractivity contribution is 6.30. The summed E-state index contributed by atoms with van der Waals surface area (Å²) in [6.45, 7) is 3.52. The van der Waals surface area contributed by atoms with Crippen LogP contribution in [0.4, 0.5) is 0 Å². The smallest absolute Gasteiger partial charge is 0.0409 e. The molecule has 0 aliphatic carbocycles. The van der Waals surface area contributed by atoms with E-state index in [0.29, 0.717) is 6.04 Å². The SMILES string of the molecule is CNC(CCN(C)CC1CCCN1C)c1cccc(Cl)c1. The van der Waals surface area contributed by atoms with Crippen LogP contribution in [0.15, 0.2) is 24.3 Å². The molecule has 118 valence electrons. The zero-order valence-electron chi connectivity index (χ0n) is 13.5. The van der Waals surface area contributed by atoms with Crippen molar-refractivity contribution in [2.24, 2.45) is 0 Å². The summed E-state index contributed by atoms with van der Waals surface area (Å²) in [6, 6.07) is 9.27. The van der Waals surface area contributed by atoms with Gasteiger partial charge in [0, 0.05) is 23.7 Å². The van der Waals surface area contributed by atoms with Gasteiger partial charge in [-0.25, -0.2) is 0 Å². The minimum Gasteiger partial charge on any atom is -0.313 e. The van der Waals surface area contributed by atoms with E-state index in [9.17, 15) is 0 Å². The summed E-state index contributed by atoms with van der Waals surface area (Å²) in [6.07, 6.45) is 3.78. The summed E-state index contributed by atoms with van der Waals surface area (Å²) in [5.74, 6) is 0. The second kappa shape index (κ2) is 8.14. The van der Waals surface area contributed by atoms with Gasteiger partial charge in [-0.2, -0.15) is 0 Å². The van der Waals surface area contributed by atoms with E-state index >= 15 is 0 Å². The number of halogens is 1. The minimum atomic E-state index is 0.368. The average Bonchev–Trinajstić information content (AvgIpc) is 2.85. The molecule has 1 aliphatic heterocycles. The van der Waals surface area contributed by atoms with E-state index in [1.165, 1.54) is 31.5 Å². The molecule has 3 nitrogen and oxygen atoms in total. The van der Waals surface area contributed by atoms with Crippen molar-refractivity contribution in [3.63, 3.8) is 0 Å². The molecule has 0 aromatic heterocycles. The molecular formula is C17H28ClN3. The van der Waals surface area contributed by atoms with Crippen LogP contribution in [0.1, 0.15) is 30.9 Å². The third-order valence-electron chi connectivity index (χ3n) is 4.59. The molecule has 1 saturated heterocycles. The summed E-state index contributed by atoms with van der Waals surface area (Å²) >= 11 is 6.09. The highest BCUT2D eigenvalue weighted by Gasteiger charge is 2.22. The van der Waals surface area contributed by atoms with Crippen molar-refractivity contribution in [2.45, 2.75) is 31.3 Å². The summed E-state index contributed by atoms with van der Waals surface area (Å²) in [5, 5.41) is 4.22. The molecule has 0 amide bonds. The Labute approximate surface area is 134 Å². The summed E-state index contributed by atoms with van der Waals surface area (Å²) < 4.78 is 0. The van der Waals surface area contributed by atoms with Gasteiger partial charge in [-0.3, -0.25) is 0 Å². The highest BCUT2D eigenvalue weighted by atomic mass is 35.5. The molecule has 2 unspecified atom stereocenters. The largest absolute Gasteiger partial charge is 0.313 e. The molecule has 0 spiro atoms. The van der Waals surface area contributed by atoms with Gasteiger partial charge in [0.1, 0.15) is 0 Å². The minimum absolute atomic E-state index is 0.368. The Balaban J connectivity index is 1.82. The number of nitrogens with one attached hydrogen (secondary N) is 1. The van der Waals surface area contributed by atoms with Crippen molar-refractivity contribution in [3.8, 4) is 0 Å². The number of rotatable bonds is 7. The van der Waals surface area contributed by atoms with Crippen LogP contribution in [0.5, 0.6) is 0 Å². The molecule has 2 rings (SSSR count). The molecule has 2 atom stereocenters. The molecule has 4 heteroatoms. The van der Waals surface area contributed by atoms with Gasteiger partial charge in [0.15, 0.2) is 0 Å². The lowest BCUT2D eigenvalue weighted by Gasteiger charge is -2.27. The Morgan fingerprint density at radius 2 is 2.29 bits per heavy atom. The first kappa shape index (κ1) is 16.8. The fourth-order valence-electron chi connectivity index (χ4n) is 3.21. The van der Waals surface area contributed by atoms with E-state index in [-0.39, 0.29) is 0 Å². The van der Waals surface area contributed by atoms with Crippen LogP contribution in [0.3, 0.4) is 0 Å². The van der Waals surface area contributed by atoms with Gasteiger partial charge in [0.25, 0.3) is 0 Å². The van der Waals surface area contributed by atoms with Crippen molar-refractivity contribution >= 4 is 11.6 Å². The zero-order valence-corrected chi connectivity index (χ0v) is 14.2. The van der Waals surface area contributed by atoms with E-state index in [4.69, 9.17) is 11.6 Å². The standard InChI is InChI=1S/C17H28ClN3/c1-19-17(14-6-4-7-15(18)12-14)9-11-20(2)13-16-8-5-10-21(16)3/h4,6-7,12,16-17,19H,5,8-11,13H2,1-3H3. The van der Waals surface area contributed by atoms with E-state index in [0.717, 1.165) is 24.0 Å². The maximum Gasteiger partial charge on any atom is 0.0409 e. The number of likely N-dealkylation sites (tertiary alicyclic amines) is 1. The molecule has 1 fully saturated rings. The fourth-order valence-corrected chi connectivity index (χ4v) is 3.41. The number of nitrogens with zero attached hydrogens (tertiary/aromatic N) is 2. The maximum absolute atomic E-state index is 6.09. The number of hydrogen-bond donors (Lipinski definition) is 1. The molecular weight excluding hydrogens is 282 g/mol. The van der Waals surface area contributed by atoms with Gasteiger partial charge in [-0.15, -0.1) is 0 Å². The van der Waals surface area contributed by atoms with Crippen LogP contribution in [0.2, 0.25) is 5.02 Å². The van der Waals surface area contributed by atoms with Crippen molar-refractivity contribution in [1.82, 2.24) is 15.1 Å². The van der Waals surface area contributed by atoms with Gasteiger partial charge in [0.05, 0.1) is 0 Å². The van der Waals surface area contributed by atoms with Crippen LogP contribution >= 0.6 is 11.6 Å². The Kier molecular flexibility index (Phi) is 6.49. The number of hydrogen-bond acceptors (Lipinski definition) is 3. The Morgan fingerprint density at radius 3 is 2.90 bits per heavy atom. The first-order chi connectivity index (χ1) is 10.1. The third-order valence-corrected chi connectivity index (χ3v) is 4.83. The molecule has 1 aromatic carbocycles. The second-order valence-electron chi connectivity index (χ2n) is 6.22. The summed E-state index contributed by atoms with van der Waals surface area (Å²) in [5.41, 5.74) is 1.27. The third kappa shape index (κ3) is 4.96. The van der Waals surface area contributed by atoms with Gasteiger partial charge < -0.3 is 15.1 Å². The predicted molar refractivity (Wildman–Crippen MR) is 91.0 cm³/mol.